The highest BCUT2D eigenvalue weighted by Gasteiger charge is 2.32. The Bertz CT molecular complexity index is 978. The topological polar surface area (TPSA) is 93.5 Å². The average Bonchev–Trinajstić information content (AvgIpc) is 2.97. The van der Waals surface area contributed by atoms with Crippen molar-refractivity contribution >= 4 is 15.9 Å². The van der Waals surface area contributed by atoms with E-state index in [4.69, 9.17) is 4.74 Å². The van der Waals surface area contributed by atoms with Crippen LogP contribution in [0.2, 0.25) is 0 Å². The minimum atomic E-state index is -3.66. The van der Waals surface area contributed by atoms with Crippen LogP contribution in [0.4, 0.5) is 0 Å². The number of rotatable bonds is 7. The second-order valence-electron chi connectivity index (χ2n) is 7.20. The Morgan fingerprint density at radius 2 is 1.86 bits per heavy atom. The Kier molecular flexibility index (Phi) is 6.71. The van der Waals surface area contributed by atoms with Gasteiger partial charge in [-0.15, -0.1) is 0 Å². The molecule has 2 aromatic rings. The number of morpholine rings is 1. The van der Waals surface area contributed by atoms with Crippen molar-refractivity contribution in [2.45, 2.75) is 38.6 Å². The van der Waals surface area contributed by atoms with Crippen LogP contribution in [0.15, 0.2) is 29.2 Å². The molecule has 0 spiro atoms. The maximum atomic E-state index is 13.0. The highest BCUT2D eigenvalue weighted by Crippen LogP contribution is 2.24. The predicted octanol–water partition coefficient (Wildman–Crippen LogP) is 1.19. The Morgan fingerprint density at radius 3 is 2.55 bits per heavy atom. The lowest BCUT2D eigenvalue weighted by Gasteiger charge is -2.26. The lowest BCUT2D eigenvalue weighted by atomic mass is 10.1. The monoisotopic (exact) mass is 420 g/mol. The minimum Gasteiger partial charge on any atom is -0.379 e. The first kappa shape index (κ1) is 21.5. The van der Waals surface area contributed by atoms with Gasteiger partial charge in [0.2, 0.25) is 15.9 Å². The van der Waals surface area contributed by atoms with Crippen LogP contribution < -0.4 is 5.32 Å². The molecule has 0 saturated carbocycles. The molecule has 1 aromatic heterocycles. The van der Waals surface area contributed by atoms with Crippen molar-refractivity contribution < 1.29 is 17.9 Å². The second kappa shape index (κ2) is 9.06. The summed E-state index contributed by atoms with van der Waals surface area (Å²) in [5.41, 5.74) is 3.26. The first-order valence-electron chi connectivity index (χ1n) is 9.74. The molecule has 0 unspecified atom stereocenters. The first-order chi connectivity index (χ1) is 13.8. The van der Waals surface area contributed by atoms with E-state index in [0.717, 1.165) is 6.42 Å². The molecule has 1 aliphatic heterocycles. The van der Waals surface area contributed by atoms with Crippen LogP contribution in [0, 0.1) is 20.8 Å². The van der Waals surface area contributed by atoms with E-state index in [1.54, 1.807) is 13.8 Å². The van der Waals surface area contributed by atoms with Crippen LogP contribution in [0.3, 0.4) is 0 Å². The van der Waals surface area contributed by atoms with Crippen molar-refractivity contribution in [2.75, 3.05) is 32.8 Å². The fraction of sp³-hybridized carbons (Fsp3) is 0.500. The van der Waals surface area contributed by atoms with E-state index in [1.807, 2.05) is 31.2 Å². The van der Waals surface area contributed by atoms with Gasteiger partial charge in [0, 0.05) is 19.6 Å². The number of carbonyl (C=O) groups is 1. The highest BCUT2D eigenvalue weighted by atomic mass is 32.2. The summed E-state index contributed by atoms with van der Waals surface area (Å²) in [5.74, 6) is -0.195. The molecule has 1 saturated heterocycles. The number of carbonyl (C=O) groups excluding carboxylic acids is 1. The summed E-state index contributed by atoms with van der Waals surface area (Å²) < 4.78 is 34.1. The Labute approximate surface area is 171 Å². The van der Waals surface area contributed by atoms with Crippen molar-refractivity contribution in [3.05, 3.63) is 46.8 Å². The van der Waals surface area contributed by atoms with Crippen LogP contribution in [0.25, 0.3) is 0 Å². The summed E-state index contributed by atoms with van der Waals surface area (Å²) >= 11 is 0. The normalized spacial score (nSPS) is 15.4. The standard InChI is InChI=1S/C20H28N4O4S/c1-15-6-4-5-7-18(15)8-9-21-19(25)14-24-17(3)20(16(2)22-24)29(26,27)23-10-12-28-13-11-23/h4-7H,8-14H2,1-3H3,(H,21,25). The van der Waals surface area contributed by atoms with Crippen LogP contribution in [0.5, 0.6) is 0 Å². The van der Waals surface area contributed by atoms with E-state index in [-0.39, 0.29) is 17.3 Å². The third-order valence-electron chi connectivity index (χ3n) is 5.15. The minimum absolute atomic E-state index is 0.0148. The smallest absolute Gasteiger partial charge is 0.246 e. The van der Waals surface area contributed by atoms with Gasteiger partial charge >= 0.3 is 0 Å². The van der Waals surface area contributed by atoms with Crippen LogP contribution in [-0.2, 0) is 32.5 Å². The fourth-order valence-electron chi connectivity index (χ4n) is 3.54. The molecule has 9 heteroatoms. The van der Waals surface area contributed by atoms with Crippen LogP contribution in [0.1, 0.15) is 22.5 Å². The van der Waals surface area contributed by atoms with Gasteiger partial charge in [-0.1, -0.05) is 24.3 Å². The molecular formula is C20H28N4O4S. The molecule has 2 heterocycles. The van der Waals surface area contributed by atoms with E-state index in [0.29, 0.717) is 44.2 Å². The van der Waals surface area contributed by atoms with E-state index in [9.17, 15) is 13.2 Å². The van der Waals surface area contributed by atoms with Gasteiger partial charge in [0.1, 0.15) is 11.4 Å². The largest absolute Gasteiger partial charge is 0.379 e. The van der Waals surface area contributed by atoms with Crippen molar-refractivity contribution in [1.29, 1.82) is 0 Å². The number of hydrogen-bond acceptors (Lipinski definition) is 5. The van der Waals surface area contributed by atoms with Crippen molar-refractivity contribution in [1.82, 2.24) is 19.4 Å². The fourth-order valence-corrected chi connectivity index (χ4v) is 5.32. The zero-order chi connectivity index (χ0) is 21.0. The molecule has 3 rings (SSSR count). The Morgan fingerprint density at radius 1 is 1.17 bits per heavy atom. The quantitative estimate of drug-likeness (QED) is 0.726. The van der Waals surface area contributed by atoms with Crippen LogP contribution in [-0.4, -0.2) is 61.3 Å². The number of amides is 1. The number of aromatic nitrogens is 2. The van der Waals surface area contributed by atoms with E-state index in [1.165, 1.54) is 20.1 Å². The number of nitrogens with one attached hydrogen (secondary N) is 1. The van der Waals surface area contributed by atoms with Gasteiger partial charge in [-0.05, 0) is 38.3 Å². The summed E-state index contributed by atoms with van der Waals surface area (Å²) in [6, 6.07) is 8.06. The van der Waals surface area contributed by atoms with E-state index in [2.05, 4.69) is 10.4 Å². The molecule has 1 fully saturated rings. The summed E-state index contributed by atoms with van der Waals surface area (Å²) in [7, 11) is -3.66. The van der Waals surface area contributed by atoms with Crippen molar-refractivity contribution in [3.63, 3.8) is 0 Å². The number of benzene rings is 1. The third-order valence-corrected chi connectivity index (χ3v) is 7.31. The van der Waals surface area contributed by atoms with Gasteiger partial charge in [0.25, 0.3) is 0 Å². The Hall–Kier alpha value is -2.23. The van der Waals surface area contributed by atoms with E-state index >= 15 is 0 Å². The molecule has 1 amide bonds. The molecule has 1 N–H and O–H groups in total. The number of ether oxygens (including phenoxy) is 1. The molecule has 8 nitrogen and oxygen atoms in total. The summed E-state index contributed by atoms with van der Waals surface area (Å²) in [6.07, 6.45) is 0.742. The van der Waals surface area contributed by atoms with Gasteiger partial charge in [-0.2, -0.15) is 9.40 Å². The number of hydrogen-bond donors (Lipinski definition) is 1. The van der Waals surface area contributed by atoms with E-state index < -0.39 is 10.0 Å². The molecule has 0 bridgehead atoms. The maximum Gasteiger partial charge on any atom is 0.246 e. The van der Waals surface area contributed by atoms with Crippen LogP contribution >= 0.6 is 0 Å². The van der Waals surface area contributed by atoms with Gasteiger partial charge < -0.3 is 10.1 Å². The molecule has 29 heavy (non-hydrogen) atoms. The zero-order valence-corrected chi connectivity index (χ0v) is 18.0. The molecule has 0 atom stereocenters. The molecule has 158 valence electrons. The van der Waals surface area contributed by atoms with Gasteiger partial charge in [0.15, 0.2) is 0 Å². The molecule has 1 aliphatic rings. The lowest BCUT2D eigenvalue weighted by Crippen LogP contribution is -2.41. The van der Waals surface area contributed by atoms with Gasteiger partial charge in [-0.3, -0.25) is 9.48 Å². The maximum absolute atomic E-state index is 13.0. The summed E-state index contributed by atoms with van der Waals surface area (Å²) in [4.78, 5) is 12.6. The first-order valence-corrected chi connectivity index (χ1v) is 11.2. The Balaban J connectivity index is 1.65. The van der Waals surface area contributed by atoms with Crippen molar-refractivity contribution in [3.8, 4) is 0 Å². The number of nitrogens with zero attached hydrogens (tertiary/aromatic N) is 3. The molecule has 0 radical (unpaired) electrons. The number of aryl methyl sites for hydroxylation is 2. The molecule has 1 aromatic carbocycles. The predicted molar refractivity (Wildman–Crippen MR) is 109 cm³/mol. The zero-order valence-electron chi connectivity index (χ0n) is 17.1. The van der Waals surface area contributed by atoms with Crippen molar-refractivity contribution in [2.24, 2.45) is 0 Å². The lowest BCUT2D eigenvalue weighted by molar-refractivity contribution is -0.121. The molecule has 0 aliphatic carbocycles. The summed E-state index contributed by atoms with van der Waals surface area (Å²) in [6.45, 7) is 7.31. The third kappa shape index (κ3) is 4.85. The highest BCUT2D eigenvalue weighted by molar-refractivity contribution is 7.89. The summed E-state index contributed by atoms with van der Waals surface area (Å²) in [5, 5.41) is 7.20. The van der Waals surface area contributed by atoms with Gasteiger partial charge in [-0.25, -0.2) is 8.42 Å². The second-order valence-corrected chi connectivity index (χ2v) is 9.08. The SMILES string of the molecule is Cc1ccccc1CCNC(=O)Cn1nc(C)c(S(=O)(=O)N2CCOCC2)c1C. The number of sulfonamides is 1. The average molecular weight is 421 g/mol. The van der Waals surface area contributed by atoms with Gasteiger partial charge in [0.05, 0.1) is 24.6 Å². The molecular weight excluding hydrogens is 392 g/mol.